The highest BCUT2D eigenvalue weighted by molar-refractivity contribution is 6.00. The smallest absolute Gasteiger partial charge is 0.227 e. The van der Waals surface area contributed by atoms with E-state index in [1.807, 2.05) is 0 Å². The number of amides is 3. The maximum Gasteiger partial charge on any atom is 0.227 e. The summed E-state index contributed by atoms with van der Waals surface area (Å²) in [7, 11) is 0. The average Bonchev–Trinajstić information content (AvgIpc) is 3.07. The molecule has 0 spiro atoms. The molecule has 0 bridgehead atoms. The molecule has 2 aromatic rings. The Hall–Kier alpha value is -3.36. The van der Waals surface area contributed by atoms with Crippen LogP contribution in [0.2, 0.25) is 0 Å². The van der Waals surface area contributed by atoms with Gasteiger partial charge in [0, 0.05) is 32.1 Å². The molecule has 1 atom stereocenters. The fourth-order valence-electron chi connectivity index (χ4n) is 3.24. The molecule has 2 aromatic carbocycles. The summed E-state index contributed by atoms with van der Waals surface area (Å²) < 4.78 is 40.1. The number of nitrogens with zero attached hydrogens (tertiary/aromatic N) is 1. The van der Waals surface area contributed by atoms with Crippen molar-refractivity contribution in [1.82, 2.24) is 10.6 Å². The molecule has 1 aliphatic rings. The first-order valence-corrected chi connectivity index (χ1v) is 9.38. The first-order valence-electron chi connectivity index (χ1n) is 9.38. The monoisotopic (exact) mass is 419 g/mol. The van der Waals surface area contributed by atoms with E-state index in [0.717, 1.165) is 17.0 Å². The van der Waals surface area contributed by atoms with Crippen LogP contribution >= 0.6 is 0 Å². The number of hydrogen-bond donors (Lipinski definition) is 2. The highest BCUT2D eigenvalue weighted by Gasteiger charge is 2.36. The molecule has 0 aliphatic carbocycles. The fourth-order valence-corrected chi connectivity index (χ4v) is 3.24. The third-order valence-electron chi connectivity index (χ3n) is 4.70. The van der Waals surface area contributed by atoms with Crippen LogP contribution in [0.4, 0.5) is 18.9 Å². The molecule has 3 amide bonds. The topological polar surface area (TPSA) is 78.5 Å². The van der Waals surface area contributed by atoms with Gasteiger partial charge in [-0.05, 0) is 29.8 Å². The van der Waals surface area contributed by atoms with Crippen LogP contribution in [0.25, 0.3) is 0 Å². The van der Waals surface area contributed by atoms with Crippen molar-refractivity contribution >= 4 is 23.4 Å². The summed E-state index contributed by atoms with van der Waals surface area (Å²) in [6, 6.07) is 8.61. The van der Waals surface area contributed by atoms with E-state index in [1.165, 1.54) is 18.2 Å². The first-order chi connectivity index (χ1) is 14.3. The van der Waals surface area contributed by atoms with Crippen LogP contribution in [0.3, 0.4) is 0 Å². The van der Waals surface area contributed by atoms with Gasteiger partial charge in [0.15, 0.2) is 0 Å². The first kappa shape index (κ1) is 21.4. The summed E-state index contributed by atoms with van der Waals surface area (Å²) in [5.41, 5.74) is 0.468. The molecule has 1 fully saturated rings. The third-order valence-corrected chi connectivity index (χ3v) is 4.70. The summed E-state index contributed by atoms with van der Waals surface area (Å²) in [5, 5.41) is 5.24. The lowest BCUT2D eigenvalue weighted by molar-refractivity contribution is -0.126. The molecule has 2 N–H and O–H groups in total. The Bertz CT molecular complexity index is 968. The van der Waals surface area contributed by atoms with Crippen LogP contribution in [0, 0.1) is 23.4 Å². The third kappa shape index (κ3) is 5.37. The van der Waals surface area contributed by atoms with E-state index in [9.17, 15) is 27.6 Å². The van der Waals surface area contributed by atoms with E-state index in [4.69, 9.17) is 0 Å². The van der Waals surface area contributed by atoms with Crippen molar-refractivity contribution in [3.8, 4) is 0 Å². The number of halogens is 3. The molecule has 0 aromatic heterocycles. The summed E-state index contributed by atoms with van der Waals surface area (Å²) in [6.45, 7) is 0.291. The van der Waals surface area contributed by atoms with Crippen LogP contribution in [-0.2, 0) is 20.8 Å². The lowest BCUT2D eigenvalue weighted by atomic mass is 10.1. The van der Waals surface area contributed by atoms with E-state index in [1.54, 1.807) is 6.07 Å². The van der Waals surface area contributed by atoms with Gasteiger partial charge in [-0.3, -0.25) is 14.4 Å². The van der Waals surface area contributed by atoms with Crippen molar-refractivity contribution in [3.63, 3.8) is 0 Å². The second-order valence-corrected chi connectivity index (χ2v) is 6.95. The molecule has 0 radical (unpaired) electrons. The lowest BCUT2D eigenvalue weighted by Crippen LogP contribution is -2.38. The maximum atomic E-state index is 13.9. The van der Waals surface area contributed by atoms with Gasteiger partial charge in [-0.2, -0.15) is 0 Å². The molecule has 158 valence electrons. The lowest BCUT2D eigenvalue weighted by Gasteiger charge is -2.17. The molecular formula is C21H20F3N3O3. The van der Waals surface area contributed by atoms with Crippen LogP contribution in [-0.4, -0.2) is 37.4 Å². The molecule has 1 heterocycles. The maximum absolute atomic E-state index is 13.9. The number of anilines is 1. The number of benzene rings is 2. The fraction of sp³-hybridized carbons (Fsp3) is 0.286. The van der Waals surface area contributed by atoms with Gasteiger partial charge in [0.25, 0.3) is 0 Å². The normalized spacial score (nSPS) is 15.9. The highest BCUT2D eigenvalue weighted by Crippen LogP contribution is 2.27. The minimum Gasteiger partial charge on any atom is -0.354 e. The molecular weight excluding hydrogens is 399 g/mol. The van der Waals surface area contributed by atoms with Crippen LogP contribution < -0.4 is 15.5 Å². The Labute approximate surface area is 171 Å². The van der Waals surface area contributed by atoms with Gasteiger partial charge < -0.3 is 15.5 Å². The van der Waals surface area contributed by atoms with E-state index in [-0.39, 0.29) is 44.1 Å². The summed E-state index contributed by atoms with van der Waals surface area (Å²) in [5.74, 6) is -3.86. The number of carbonyl (C=O) groups excluding carboxylic acids is 3. The predicted molar refractivity (Wildman–Crippen MR) is 103 cm³/mol. The van der Waals surface area contributed by atoms with Crippen LogP contribution in [0.1, 0.15) is 12.0 Å². The Morgan fingerprint density at radius 3 is 2.47 bits per heavy atom. The zero-order valence-corrected chi connectivity index (χ0v) is 16.0. The zero-order valence-electron chi connectivity index (χ0n) is 16.0. The summed E-state index contributed by atoms with van der Waals surface area (Å²) in [6.07, 6.45) is -0.0738. The molecule has 6 nitrogen and oxygen atoms in total. The van der Waals surface area contributed by atoms with Crippen LogP contribution in [0.5, 0.6) is 0 Å². The van der Waals surface area contributed by atoms with Crippen molar-refractivity contribution in [3.05, 3.63) is 65.5 Å². The van der Waals surface area contributed by atoms with Crippen LogP contribution in [0.15, 0.2) is 42.5 Å². The van der Waals surface area contributed by atoms with Crippen molar-refractivity contribution in [2.45, 2.75) is 12.8 Å². The molecule has 1 aliphatic heterocycles. The van der Waals surface area contributed by atoms with Gasteiger partial charge in [-0.15, -0.1) is 0 Å². The van der Waals surface area contributed by atoms with Gasteiger partial charge >= 0.3 is 0 Å². The second-order valence-electron chi connectivity index (χ2n) is 6.95. The van der Waals surface area contributed by atoms with Crippen molar-refractivity contribution < 1.29 is 27.6 Å². The predicted octanol–water partition coefficient (Wildman–Crippen LogP) is 1.93. The standard InChI is InChI=1S/C21H20F3N3O3/c22-15-3-1-2-13(8-15)9-19(28)25-6-7-26-21(30)14-10-20(29)27(12-14)18-5-4-16(23)11-17(18)24/h1-5,8,11,14H,6-7,9-10,12H2,(H,25,28)(H,26,30). The second kappa shape index (κ2) is 9.43. The molecule has 3 rings (SSSR count). The Morgan fingerprint density at radius 2 is 1.73 bits per heavy atom. The largest absolute Gasteiger partial charge is 0.354 e. The Balaban J connectivity index is 1.43. The molecule has 1 saturated heterocycles. The number of nitrogens with one attached hydrogen (secondary N) is 2. The number of carbonyl (C=O) groups is 3. The minimum atomic E-state index is -0.870. The summed E-state index contributed by atoms with van der Waals surface area (Å²) in [4.78, 5) is 37.4. The van der Waals surface area contributed by atoms with Gasteiger partial charge in [0.1, 0.15) is 17.5 Å². The Kier molecular flexibility index (Phi) is 6.71. The van der Waals surface area contributed by atoms with Gasteiger partial charge in [-0.1, -0.05) is 12.1 Å². The zero-order chi connectivity index (χ0) is 21.7. The van der Waals surface area contributed by atoms with Gasteiger partial charge in [0.05, 0.1) is 18.0 Å². The van der Waals surface area contributed by atoms with Gasteiger partial charge in [0.2, 0.25) is 17.7 Å². The van der Waals surface area contributed by atoms with E-state index in [2.05, 4.69) is 10.6 Å². The van der Waals surface area contributed by atoms with Crippen molar-refractivity contribution in [1.29, 1.82) is 0 Å². The number of hydrogen-bond acceptors (Lipinski definition) is 3. The average molecular weight is 419 g/mol. The van der Waals surface area contributed by atoms with E-state index < -0.39 is 35.2 Å². The SMILES string of the molecule is O=C(Cc1cccc(F)c1)NCCNC(=O)C1CC(=O)N(c2ccc(F)cc2F)C1. The molecule has 9 heteroatoms. The molecule has 0 saturated carbocycles. The molecule has 1 unspecified atom stereocenters. The molecule has 30 heavy (non-hydrogen) atoms. The van der Waals surface area contributed by atoms with Gasteiger partial charge in [-0.25, -0.2) is 13.2 Å². The van der Waals surface area contributed by atoms with E-state index >= 15 is 0 Å². The number of rotatable bonds is 7. The summed E-state index contributed by atoms with van der Waals surface area (Å²) >= 11 is 0. The van der Waals surface area contributed by atoms with Crippen molar-refractivity contribution in [2.75, 3.05) is 24.5 Å². The van der Waals surface area contributed by atoms with Crippen molar-refractivity contribution in [2.24, 2.45) is 5.92 Å². The van der Waals surface area contributed by atoms with E-state index in [0.29, 0.717) is 11.6 Å². The quantitative estimate of drug-likeness (QED) is 0.674. The Morgan fingerprint density at radius 1 is 1.00 bits per heavy atom. The highest BCUT2D eigenvalue weighted by atomic mass is 19.1. The minimum absolute atomic E-state index is 0.0147.